The molecule has 92 valence electrons. The molecule has 2 aromatic carbocycles. The summed E-state index contributed by atoms with van der Waals surface area (Å²) in [4.78, 5) is 12.3. The van der Waals surface area contributed by atoms with Crippen molar-refractivity contribution in [1.82, 2.24) is 0 Å². The molecule has 0 unspecified atom stereocenters. The number of carbonyl (C=O) groups is 1. The standard InChI is InChI=1S/C14H11BrO2S/c15-11-7-6-10(13(8-11)14(16)17)9-18-12-4-2-1-3-5-12/h1-8H,9H2,(H,16,17). The summed E-state index contributed by atoms with van der Waals surface area (Å²) >= 11 is 4.92. The Hall–Kier alpha value is -1.26. The van der Waals surface area contributed by atoms with E-state index in [1.165, 1.54) is 0 Å². The number of halogens is 1. The molecule has 0 aliphatic carbocycles. The maximum absolute atomic E-state index is 11.2. The minimum atomic E-state index is -0.889. The van der Waals surface area contributed by atoms with E-state index in [9.17, 15) is 4.79 Å². The zero-order valence-electron chi connectivity index (χ0n) is 9.47. The Kier molecular flexibility index (Phi) is 4.44. The number of carboxylic acid groups (broad SMARTS) is 1. The molecule has 0 spiro atoms. The first kappa shape index (κ1) is 13.2. The molecule has 0 aromatic heterocycles. The Morgan fingerprint density at radius 2 is 1.89 bits per heavy atom. The lowest BCUT2D eigenvalue weighted by Crippen LogP contribution is -2.01. The number of benzene rings is 2. The van der Waals surface area contributed by atoms with Gasteiger partial charge in [-0.05, 0) is 29.8 Å². The molecular formula is C14H11BrO2S. The fraction of sp³-hybridized carbons (Fsp3) is 0.0714. The van der Waals surface area contributed by atoms with Crippen LogP contribution in [-0.2, 0) is 5.75 Å². The molecule has 2 aromatic rings. The lowest BCUT2D eigenvalue weighted by molar-refractivity contribution is 0.0696. The molecule has 0 amide bonds. The molecule has 0 radical (unpaired) electrons. The van der Waals surface area contributed by atoms with Crippen LogP contribution in [0.5, 0.6) is 0 Å². The summed E-state index contributed by atoms with van der Waals surface area (Å²) in [7, 11) is 0. The van der Waals surface area contributed by atoms with Gasteiger partial charge >= 0.3 is 5.97 Å². The maximum Gasteiger partial charge on any atom is 0.336 e. The van der Waals surface area contributed by atoms with Crippen LogP contribution in [0.2, 0.25) is 0 Å². The third kappa shape index (κ3) is 3.37. The van der Waals surface area contributed by atoms with Crippen LogP contribution in [0, 0.1) is 0 Å². The van der Waals surface area contributed by atoms with Gasteiger partial charge in [0.05, 0.1) is 5.56 Å². The molecular weight excluding hydrogens is 312 g/mol. The highest BCUT2D eigenvalue weighted by atomic mass is 79.9. The minimum absolute atomic E-state index is 0.354. The Morgan fingerprint density at radius 1 is 1.17 bits per heavy atom. The molecule has 2 nitrogen and oxygen atoms in total. The zero-order valence-corrected chi connectivity index (χ0v) is 11.9. The number of hydrogen-bond donors (Lipinski definition) is 1. The Balaban J connectivity index is 2.17. The van der Waals surface area contributed by atoms with E-state index in [0.29, 0.717) is 11.3 Å². The molecule has 0 heterocycles. The SMILES string of the molecule is O=C(O)c1cc(Br)ccc1CSc1ccccc1. The van der Waals surface area contributed by atoms with Crippen LogP contribution >= 0.6 is 27.7 Å². The van der Waals surface area contributed by atoms with E-state index in [-0.39, 0.29) is 0 Å². The first-order valence-corrected chi connectivity index (χ1v) is 7.14. The van der Waals surface area contributed by atoms with E-state index in [0.717, 1.165) is 14.9 Å². The predicted molar refractivity (Wildman–Crippen MR) is 77.1 cm³/mol. The van der Waals surface area contributed by atoms with Crippen molar-refractivity contribution in [3.8, 4) is 0 Å². The number of rotatable bonds is 4. The lowest BCUT2D eigenvalue weighted by Gasteiger charge is -2.06. The fourth-order valence-corrected chi connectivity index (χ4v) is 2.84. The quantitative estimate of drug-likeness (QED) is 0.845. The van der Waals surface area contributed by atoms with Crippen molar-refractivity contribution in [3.63, 3.8) is 0 Å². The van der Waals surface area contributed by atoms with Crippen molar-refractivity contribution in [2.24, 2.45) is 0 Å². The molecule has 1 N–H and O–H groups in total. The van der Waals surface area contributed by atoms with E-state index in [1.54, 1.807) is 17.8 Å². The topological polar surface area (TPSA) is 37.3 Å². The molecule has 0 bridgehead atoms. The van der Waals surface area contributed by atoms with Crippen LogP contribution in [0.25, 0.3) is 0 Å². The van der Waals surface area contributed by atoms with Crippen molar-refractivity contribution in [3.05, 3.63) is 64.1 Å². The molecule has 18 heavy (non-hydrogen) atoms. The van der Waals surface area contributed by atoms with Crippen molar-refractivity contribution < 1.29 is 9.90 Å². The van der Waals surface area contributed by atoms with Gasteiger partial charge in [-0.25, -0.2) is 4.79 Å². The summed E-state index contributed by atoms with van der Waals surface area (Å²) in [6.45, 7) is 0. The average Bonchev–Trinajstić information content (AvgIpc) is 2.38. The van der Waals surface area contributed by atoms with E-state index in [1.807, 2.05) is 42.5 Å². The molecule has 4 heteroatoms. The van der Waals surface area contributed by atoms with Crippen molar-refractivity contribution in [2.75, 3.05) is 0 Å². The second kappa shape index (κ2) is 6.07. The first-order chi connectivity index (χ1) is 8.66. The van der Waals surface area contributed by atoms with Gasteiger partial charge in [-0.1, -0.05) is 40.2 Å². The molecule has 0 aliphatic rings. The maximum atomic E-state index is 11.2. The third-order valence-corrected chi connectivity index (χ3v) is 3.99. The molecule has 2 rings (SSSR count). The monoisotopic (exact) mass is 322 g/mol. The highest BCUT2D eigenvalue weighted by Crippen LogP contribution is 2.26. The Bertz CT molecular complexity index is 555. The molecule has 0 saturated heterocycles. The van der Waals surface area contributed by atoms with Crippen LogP contribution in [0.3, 0.4) is 0 Å². The zero-order chi connectivity index (χ0) is 13.0. The van der Waals surface area contributed by atoms with Gasteiger partial charge in [0.25, 0.3) is 0 Å². The minimum Gasteiger partial charge on any atom is -0.478 e. The van der Waals surface area contributed by atoms with Crippen molar-refractivity contribution in [1.29, 1.82) is 0 Å². The third-order valence-electron chi connectivity index (χ3n) is 2.44. The summed E-state index contributed by atoms with van der Waals surface area (Å²) < 4.78 is 0.786. The van der Waals surface area contributed by atoms with Crippen LogP contribution in [0.15, 0.2) is 57.9 Å². The highest BCUT2D eigenvalue weighted by Gasteiger charge is 2.10. The van der Waals surface area contributed by atoms with Crippen LogP contribution < -0.4 is 0 Å². The Labute approximate surface area is 118 Å². The first-order valence-electron chi connectivity index (χ1n) is 5.36. The predicted octanol–water partition coefficient (Wildman–Crippen LogP) is 4.44. The summed E-state index contributed by atoms with van der Waals surface area (Å²) in [5.41, 5.74) is 1.19. The van der Waals surface area contributed by atoms with Gasteiger partial charge in [0.15, 0.2) is 0 Å². The summed E-state index contributed by atoms with van der Waals surface area (Å²) in [5, 5.41) is 9.16. The van der Waals surface area contributed by atoms with Crippen LogP contribution in [0.1, 0.15) is 15.9 Å². The van der Waals surface area contributed by atoms with E-state index in [2.05, 4.69) is 15.9 Å². The number of carboxylic acids is 1. The van der Waals surface area contributed by atoms with E-state index < -0.39 is 5.97 Å². The van der Waals surface area contributed by atoms with Crippen molar-refractivity contribution in [2.45, 2.75) is 10.6 Å². The summed E-state index contributed by atoms with van der Waals surface area (Å²) in [6, 6.07) is 15.3. The molecule has 0 fully saturated rings. The second-order valence-electron chi connectivity index (χ2n) is 3.71. The number of aromatic carboxylic acids is 1. The Morgan fingerprint density at radius 3 is 2.56 bits per heavy atom. The number of thioether (sulfide) groups is 1. The molecule has 0 aliphatic heterocycles. The molecule has 0 atom stereocenters. The van der Waals surface area contributed by atoms with Gasteiger partial charge in [0.1, 0.15) is 0 Å². The van der Waals surface area contributed by atoms with Gasteiger partial charge in [-0.3, -0.25) is 0 Å². The summed E-state index contributed by atoms with van der Waals surface area (Å²) in [6.07, 6.45) is 0. The van der Waals surface area contributed by atoms with Crippen LogP contribution in [-0.4, -0.2) is 11.1 Å². The van der Waals surface area contributed by atoms with Gasteiger partial charge in [-0.15, -0.1) is 11.8 Å². The largest absolute Gasteiger partial charge is 0.478 e. The lowest BCUT2D eigenvalue weighted by atomic mass is 10.1. The normalized spacial score (nSPS) is 10.3. The second-order valence-corrected chi connectivity index (χ2v) is 5.67. The van der Waals surface area contributed by atoms with Gasteiger partial charge < -0.3 is 5.11 Å². The van der Waals surface area contributed by atoms with Crippen molar-refractivity contribution >= 4 is 33.7 Å². The van der Waals surface area contributed by atoms with Gasteiger partial charge in [0, 0.05) is 15.1 Å². The molecule has 0 saturated carbocycles. The van der Waals surface area contributed by atoms with E-state index >= 15 is 0 Å². The fourth-order valence-electron chi connectivity index (χ4n) is 1.55. The smallest absolute Gasteiger partial charge is 0.336 e. The average molecular weight is 323 g/mol. The van der Waals surface area contributed by atoms with Gasteiger partial charge in [-0.2, -0.15) is 0 Å². The number of hydrogen-bond acceptors (Lipinski definition) is 2. The van der Waals surface area contributed by atoms with Crippen LogP contribution in [0.4, 0.5) is 0 Å². The van der Waals surface area contributed by atoms with E-state index in [4.69, 9.17) is 5.11 Å². The highest BCUT2D eigenvalue weighted by molar-refractivity contribution is 9.10. The summed E-state index contributed by atoms with van der Waals surface area (Å²) in [5.74, 6) is -0.237. The van der Waals surface area contributed by atoms with Gasteiger partial charge in [0.2, 0.25) is 0 Å².